The normalized spacial score (nSPS) is 37.3. The van der Waals surface area contributed by atoms with Gasteiger partial charge < -0.3 is 6.42 Å². The Morgan fingerprint density at radius 2 is 1.96 bits per heavy atom. The summed E-state index contributed by atoms with van der Waals surface area (Å²) in [4.78, 5) is 0. The lowest BCUT2D eigenvalue weighted by atomic mass is 9.46. The van der Waals surface area contributed by atoms with Crippen molar-refractivity contribution in [3.63, 3.8) is 0 Å². The maximum Gasteiger partial charge on any atom is -0.0261 e. The molecule has 0 radical (unpaired) electrons. The topological polar surface area (TPSA) is 0 Å². The van der Waals surface area contributed by atoms with Gasteiger partial charge in [-0.15, -0.1) is 6.08 Å². The average Bonchev–Trinajstić information content (AvgIpc) is 2.48. The SMILES string of the molecule is C=C/C(=C\C[CH-]C)CCC1C(C)CCC2C(C)(C)CCCC12C. The van der Waals surface area contributed by atoms with E-state index < -0.39 is 0 Å². The first-order valence-corrected chi connectivity index (χ1v) is 9.94. The first-order valence-electron chi connectivity index (χ1n) is 9.94. The number of unbranched alkanes of at least 4 members (excludes halogenated alkanes) is 1. The van der Waals surface area contributed by atoms with Gasteiger partial charge in [-0.25, -0.2) is 0 Å². The second kappa shape index (κ2) is 7.58. The summed E-state index contributed by atoms with van der Waals surface area (Å²) in [5.74, 6) is 2.69. The predicted molar refractivity (Wildman–Crippen MR) is 103 cm³/mol. The molecular weight excluding hydrogens is 276 g/mol. The molecule has 0 aromatic rings. The molecule has 0 aliphatic heterocycles. The zero-order chi connectivity index (χ0) is 17.1. The Hall–Kier alpha value is -0.520. The summed E-state index contributed by atoms with van der Waals surface area (Å²) in [6.45, 7) is 16.4. The lowest BCUT2D eigenvalue weighted by Gasteiger charge is -2.59. The van der Waals surface area contributed by atoms with Crippen LogP contribution in [0.1, 0.15) is 86.0 Å². The summed E-state index contributed by atoms with van der Waals surface area (Å²) in [6.07, 6.45) is 17.5. The van der Waals surface area contributed by atoms with E-state index in [1.165, 1.54) is 50.5 Å². The summed E-state index contributed by atoms with van der Waals surface area (Å²) in [7, 11) is 0. The third-order valence-electron chi connectivity index (χ3n) is 7.34. The molecule has 132 valence electrons. The molecule has 0 heterocycles. The molecule has 0 amide bonds. The maximum atomic E-state index is 4.04. The second-order valence-electron chi connectivity index (χ2n) is 9.23. The van der Waals surface area contributed by atoms with E-state index in [0.29, 0.717) is 10.8 Å². The third kappa shape index (κ3) is 3.94. The number of hydrogen-bond acceptors (Lipinski definition) is 0. The minimum absolute atomic E-state index is 0.541. The summed E-state index contributed by atoms with van der Waals surface area (Å²) in [6, 6.07) is 0. The lowest BCUT2D eigenvalue weighted by molar-refractivity contribution is -0.0956. The smallest absolute Gasteiger partial charge is 0.0261 e. The summed E-state index contributed by atoms with van der Waals surface area (Å²) < 4.78 is 0. The molecule has 0 saturated heterocycles. The highest BCUT2D eigenvalue weighted by atomic mass is 14.6. The minimum atomic E-state index is 0.541. The van der Waals surface area contributed by atoms with E-state index in [2.05, 4.69) is 59.8 Å². The Morgan fingerprint density at radius 3 is 2.61 bits per heavy atom. The Morgan fingerprint density at radius 1 is 1.22 bits per heavy atom. The van der Waals surface area contributed by atoms with Crippen LogP contribution in [0.25, 0.3) is 0 Å². The van der Waals surface area contributed by atoms with Crippen LogP contribution in [-0.4, -0.2) is 0 Å². The number of rotatable bonds is 6. The zero-order valence-electron chi connectivity index (χ0n) is 16.3. The van der Waals surface area contributed by atoms with Gasteiger partial charge in [0.2, 0.25) is 0 Å². The molecule has 2 rings (SSSR count). The highest BCUT2D eigenvalue weighted by molar-refractivity contribution is 5.17. The van der Waals surface area contributed by atoms with Crippen LogP contribution in [0.2, 0.25) is 0 Å². The first kappa shape index (κ1) is 18.8. The van der Waals surface area contributed by atoms with Gasteiger partial charge in [0.05, 0.1) is 0 Å². The van der Waals surface area contributed by atoms with Crippen LogP contribution in [0, 0.1) is 35.0 Å². The van der Waals surface area contributed by atoms with Crippen molar-refractivity contribution in [2.75, 3.05) is 0 Å². The van der Waals surface area contributed by atoms with Crippen molar-refractivity contribution in [3.05, 3.63) is 30.7 Å². The molecule has 2 aliphatic carbocycles. The molecule has 0 spiro atoms. The van der Waals surface area contributed by atoms with Crippen LogP contribution in [0.15, 0.2) is 24.3 Å². The highest BCUT2D eigenvalue weighted by Gasteiger charge is 2.53. The quantitative estimate of drug-likeness (QED) is 0.354. The Bertz CT molecular complexity index is 427. The van der Waals surface area contributed by atoms with Gasteiger partial charge in [0, 0.05) is 0 Å². The summed E-state index contributed by atoms with van der Waals surface area (Å²) in [5, 5.41) is 0. The fraction of sp³-hybridized carbons (Fsp3) is 0.783. The highest BCUT2D eigenvalue weighted by Crippen LogP contribution is 2.62. The van der Waals surface area contributed by atoms with Crippen LogP contribution in [-0.2, 0) is 0 Å². The molecule has 0 bridgehead atoms. The van der Waals surface area contributed by atoms with Crippen LogP contribution in [0.5, 0.6) is 0 Å². The van der Waals surface area contributed by atoms with Gasteiger partial charge in [-0.1, -0.05) is 58.8 Å². The van der Waals surface area contributed by atoms with Crippen molar-refractivity contribution in [2.24, 2.45) is 28.6 Å². The second-order valence-corrected chi connectivity index (χ2v) is 9.23. The van der Waals surface area contributed by atoms with Gasteiger partial charge in [0.1, 0.15) is 0 Å². The van der Waals surface area contributed by atoms with Gasteiger partial charge in [-0.2, -0.15) is 13.3 Å². The van der Waals surface area contributed by atoms with E-state index in [1.807, 2.05) is 0 Å². The monoisotopic (exact) mass is 315 g/mol. The molecule has 2 fully saturated rings. The molecule has 4 atom stereocenters. The maximum absolute atomic E-state index is 4.04. The molecule has 4 unspecified atom stereocenters. The molecule has 23 heavy (non-hydrogen) atoms. The van der Waals surface area contributed by atoms with Crippen molar-refractivity contribution in [1.82, 2.24) is 0 Å². The predicted octanol–water partition coefficient (Wildman–Crippen LogP) is 7.37. The van der Waals surface area contributed by atoms with Crippen molar-refractivity contribution >= 4 is 0 Å². The lowest BCUT2D eigenvalue weighted by Crippen LogP contribution is -2.51. The first-order chi connectivity index (χ1) is 10.8. The van der Waals surface area contributed by atoms with E-state index in [9.17, 15) is 0 Å². The van der Waals surface area contributed by atoms with Crippen LogP contribution >= 0.6 is 0 Å². The number of fused-ring (bicyclic) bond motifs is 1. The molecule has 2 saturated carbocycles. The minimum Gasteiger partial charge on any atom is -0.328 e. The van der Waals surface area contributed by atoms with Crippen molar-refractivity contribution in [1.29, 1.82) is 0 Å². The average molecular weight is 316 g/mol. The van der Waals surface area contributed by atoms with Crippen molar-refractivity contribution in [3.8, 4) is 0 Å². The van der Waals surface area contributed by atoms with E-state index >= 15 is 0 Å². The van der Waals surface area contributed by atoms with Crippen LogP contribution < -0.4 is 0 Å². The zero-order valence-corrected chi connectivity index (χ0v) is 16.3. The fourth-order valence-corrected chi connectivity index (χ4v) is 6.10. The molecule has 0 aromatic heterocycles. The van der Waals surface area contributed by atoms with Crippen molar-refractivity contribution in [2.45, 2.75) is 86.0 Å². The number of hydrogen-bond donors (Lipinski definition) is 0. The van der Waals surface area contributed by atoms with Gasteiger partial charge in [0.25, 0.3) is 0 Å². The molecule has 2 aliphatic rings. The number of allylic oxidation sites excluding steroid dienone is 3. The molecule has 0 nitrogen and oxygen atoms in total. The Labute approximate surface area is 145 Å². The molecule has 0 heteroatoms. The van der Waals surface area contributed by atoms with Gasteiger partial charge in [-0.05, 0) is 60.7 Å². The summed E-state index contributed by atoms with van der Waals surface area (Å²) in [5.41, 5.74) is 2.55. The molecule has 0 aromatic carbocycles. The van der Waals surface area contributed by atoms with Gasteiger partial charge >= 0.3 is 0 Å². The Kier molecular flexibility index (Phi) is 6.20. The standard InChI is InChI=1S/C23H39/c1-7-9-11-19(8-2)13-14-20-18(3)12-15-21-22(4,5)16-10-17-23(20,21)6/h7-8,11,18,20-21H,2,9-10,12-17H2,1,3-6H3/q-1/b19-11+. The van der Waals surface area contributed by atoms with E-state index in [4.69, 9.17) is 0 Å². The van der Waals surface area contributed by atoms with E-state index in [-0.39, 0.29) is 0 Å². The van der Waals surface area contributed by atoms with E-state index in [0.717, 1.165) is 24.2 Å². The van der Waals surface area contributed by atoms with Crippen LogP contribution in [0.4, 0.5) is 0 Å². The molecular formula is C23H39-. The van der Waals surface area contributed by atoms with Gasteiger partial charge in [0.15, 0.2) is 0 Å². The fourth-order valence-electron chi connectivity index (χ4n) is 6.10. The molecule has 0 N–H and O–H groups in total. The van der Waals surface area contributed by atoms with Gasteiger partial charge in [-0.3, -0.25) is 0 Å². The summed E-state index contributed by atoms with van der Waals surface area (Å²) >= 11 is 0. The van der Waals surface area contributed by atoms with Crippen molar-refractivity contribution < 1.29 is 0 Å². The third-order valence-corrected chi connectivity index (χ3v) is 7.34. The Balaban J connectivity index is 2.13. The largest absolute Gasteiger partial charge is 0.328 e. The van der Waals surface area contributed by atoms with E-state index in [1.54, 1.807) is 0 Å². The van der Waals surface area contributed by atoms with Crippen LogP contribution in [0.3, 0.4) is 0 Å².